The summed E-state index contributed by atoms with van der Waals surface area (Å²) < 4.78 is 0. The number of carbonyl (C=O) groups is 1. The zero-order valence-electron chi connectivity index (χ0n) is 12.3. The molecule has 0 amide bonds. The van der Waals surface area contributed by atoms with Crippen molar-refractivity contribution in [3.8, 4) is 11.3 Å². The highest BCUT2D eigenvalue weighted by molar-refractivity contribution is 7.16. The van der Waals surface area contributed by atoms with Gasteiger partial charge in [-0.1, -0.05) is 35.3 Å². The number of aliphatic carboxylic acids is 1. The largest absolute Gasteiger partial charge is 0.481 e. The zero-order chi connectivity index (χ0) is 17.1. The second-order valence-electron chi connectivity index (χ2n) is 5.00. The Balaban J connectivity index is 1.94. The minimum atomic E-state index is -0.896. The van der Waals surface area contributed by atoms with E-state index >= 15 is 0 Å². The Morgan fingerprint density at radius 3 is 2.21 bits per heavy atom. The van der Waals surface area contributed by atoms with Crippen LogP contribution in [0, 0.1) is 0 Å². The van der Waals surface area contributed by atoms with Crippen LogP contribution in [0.25, 0.3) is 11.3 Å². The smallest absolute Gasteiger partial charge is 0.308 e. The van der Waals surface area contributed by atoms with Gasteiger partial charge in [-0.3, -0.25) is 4.79 Å². The van der Waals surface area contributed by atoms with Crippen LogP contribution < -0.4 is 5.32 Å². The van der Waals surface area contributed by atoms with Crippen LogP contribution in [0.4, 0.5) is 10.8 Å². The summed E-state index contributed by atoms with van der Waals surface area (Å²) in [5.41, 5.74) is 2.31. The Labute approximate surface area is 152 Å². The summed E-state index contributed by atoms with van der Waals surface area (Å²) in [6.07, 6.45) is -0.0854. The molecule has 1 aromatic heterocycles. The lowest BCUT2D eigenvalue weighted by Gasteiger charge is -2.02. The van der Waals surface area contributed by atoms with Gasteiger partial charge in [0.15, 0.2) is 5.13 Å². The summed E-state index contributed by atoms with van der Waals surface area (Å²) >= 11 is 13.1. The number of carboxylic acids is 1. The van der Waals surface area contributed by atoms with Crippen molar-refractivity contribution in [3.63, 3.8) is 0 Å². The van der Waals surface area contributed by atoms with Gasteiger partial charge in [-0.2, -0.15) is 0 Å². The first-order valence-corrected chi connectivity index (χ1v) is 8.58. The molecule has 0 saturated carbocycles. The lowest BCUT2D eigenvalue weighted by molar-refractivity contribution is -0.136. The quantitative estimate of drug-likeness (QED) is 0.616. The van der Waals surface area contributed by atoms with Crippen molar-refractivity contribution in [1.82, 2.24) is 4.98 Å². The highest BCUT2D eigenvalue weighted by Crippen LogP contribution is 2.33. The molecular weight excluding hydrogens is 367 g/mol. The molecule has 4 nitrogen and oxygen atoms in total. The molecule has 0 aliphatic heterocycles. The third-order valence-electron chi connectivity index (χ3n) is 3.22. The van der Waals surface area contributed by atoms with Gasteiger partial charge in [0.2, 0.25) is 0 Å². The SMILES string of the molecule is O=C(O)Cc1sc(Nc2ccc(Cl)cc2)nc1-c1ccc(Cl)cc1. The van der Waals surface area contributed by atoms with Crippen LogP contribution in [0.15, 0.2) is 48.5 Å². The Morgan fingerprint density at radius 1 is 1.04 bits per heavy atom. The fourth-order valence-electron chi connectivity index (χ4n) is 2.15. The maximum absolute atomic E-state index is 11.1. The average molecular weight is 379 g/mol. The van der Waals surface area contributed by atoms with Crippen LogP contribution in [-0.2, 0) is 11.2 Å². The molecule has 3 aromatic rings. The van der Waals surface area contributed by atoms with E-state index in [2.05, 4.69) is 10.3 Å². The summed E-state index contributed by atoms with van der Waals surface area (Å²) in [4.78, 5) is 16.4. The third-order valence-corrected chi connectivity index (χ3v) is 4.70. The number of halogens is 2. The van der Waals surface area contributed by atoms with E-state index in [1.54, 1.807) is 24.3 Å². The minimum Gasteiger partial charge on any atom is -0.481 e. The first-order valence-electron chi connectivity index (χ1n) is 7.01. The fraction of sp³-hybridized carbons (Fsp3) is 0.0588. The van der Waals surface area contributed by atoms with E-state index in [9.17, 15) is 4.79 Å². The monoisotopic (exact) mass is 378 g/mol. The lowest BCUT2D eigenvalue weighted by atomic mass is 10.1. The van der Waals surface area contributed by atoms with Crippen molar-refractivity contribution < 1.29 is 9.90 Å². The topological polar surface area (TPSA) is 62.2 Å². The van der Waals surface area contributed by atoms with E-state index in [-0.39, 0.29) is 6.42 Å². The minimum absolute atomic E-state index is 0.0854. The molecule has 3 rings (SSSR count). The Morgan fingerprint density at radius 2 is 1.62 bits per heavy atom. The van der Waals surface area contributed by atoms with Crippen LogP contribution in [0.5, 0.6) is 0 Å². The molecule has 1 heterocycles. The molecule has 122 valence electrons. The van der Waals surface area contributed by atoms with E-state index < -0.39 is 5.97 Å². The molecule has 0 radical (unpaired) electrons. The maximum Gasteiger partial charge on any atom is 0.308 e. The average Bonchev–Trinajstić information content (AvgIpc) is 2.92. The fourth-order valence-corrected chi connectivity index (χ4v) is 3.40. The molecule has 0 spiro atoms. The van der Waals surface area contributed by atoms with E-state index in [1.165, 1.54) is 11.3 Å². The molecule has 0 fully saturated rings. The molecule has 0 aliphatic rings. The number of carboxylic acid groups (broad SMARTS) is 1. The molecule has 7 heteroatoms. The van der Waals surface area contributed by atoms with Crippen LogP contribution in [0.3, 0.4) is 0 Å². The Bertz CT molecular complexity index is 861. The van der Waals surface area contributed by atoms with Crippen molar-refractivity contribution in [1.29, 1.82) is 0 Å². The van der Waals surface area contributed by atoms with Gasteiger partial charge < -0.3 is 10.4 Å². The number of benzene rings is 2. The molecule has 24 heavy (non-hydrogen) atoms. The number of nitrogens with one attached hydrogen (secondary N) is 1. The number of thiazole rings is 1. The van der Waals surface area contributed by atoms with E-state index in [4.69, 9.17) is 28.3 Å². The summed E-state index contributed by atoms with van der Waals surface area (Å²) in [5.74, 6) is -0.896. The normalized spacial score (nSPS) is 10.6. The van der Waals surface area contributed by atoms with Gasteiger partial charge in [0.25, 0.3) is 0 Å². The van der Waals surface area contributed by atoms with Crippen molar-refractivity contribution in [3.05, 3.63) is 63.5 Å². The predicted octanol–water partition coefficient (Wildman–Crippen LogP) is 5.49. The van der Waals surface area contributed by atoms with Crippen molar-refractivity contribution in [2.45, 2.75) is 6.42 Å². The predicted molar refractivity (Wildman–Crippen MR) is 98.6 cm³/mol. The standard InChI is InChI=1S/C17H12Cl2N2O2S/c18-11-3-1-10(2-4-11)16-14(9-15(22)23)24-17(21-16)20-13-7-5-12(19)6-8-13/h1-8H,9H2,(H,20,21)(H,22,23). The van der Waals surface area contributed by atoms with Gasteiger partial charge in [0.1, 0.15) is 0 Å². The molecular formula is C17H12Cl2N2O2S. The number of rotatable bonds is 5. The third kappa shape index (κ3) is 4.06. The number of hydrogen-bond donors (Lipinski definition) is 2. The summed E-state index contributed by atoms with van der Waals surface area (Å²) in [6.45, 7) is 0. The van der Waals surface area contributed by atoms with Gasteiger partial charge in [-0.25, -0.2) is 4.98 Å². The summed E-state index contributed by atoms with van der Waals surface area (Å²) in [5, 5.41) is 14.2. The number of nitrogens with zero attached hydrogens (tertiary/aromatic N) is 1. The first-order chi connectivity index (χ1) is 11.5. The van der Waals surface area contributed by atoms with Gasteiger partial charge in [-0.15, -0.1) is 11.3 Å². The van der Waals surface area contributed by atoms with Crippen LogP contribution in [0.2, 0.25) is 10.0 Å². The van der Waals surface area contributed by atoms with Gasteiger partial charge in [0, 0.05) is 26.2 Å². The van der Waals surface area contributed by atoms with Crippen LogP contribution in [0.1, 0.15) is 4.88 Å². The Kier molecular flexibility index (Phi) is 5.04. The van der Waals surface area contributed by atoms with E-state index in [0.29, 0.717) is 25.7 Å². The lowest BCUT2D eigenvalue weighted by Crippen LogP contribution is -1.99. The number of aromatic nitrogens is 1. The number of anilines is 2. The summed E-state index contributed by atoms with van der Waals surface area (Å²) in [7, 11) is 0. The van der Waals surface area contributed by atoms with Crippen molar-refractivity contribution in [2.75, 3.05) is 5.32 Å². The van der Waals surface area contributed by atoms with Crippen LogP contribution in [-0.4, -0.2) is 16.1 Å². The van der Waals surface area contributed by atoms with Crippen LogP contribution >= 0.6 is 34.5 Å². The van der Waals surface area contributed by atoms with Crippen molar-refractivity contribution >= 4 is 51.3 Å². The van der Waals surface area contributed by atoms with E-state index in [1.807, 2.05) is 24.3 Å². The molecule has 0 atom stereocenters. The number of hydrogen-bond acceptors (Lipinski definition) is 4. The summed E-state index contributed by atoms with van der Waals surface area (Å²) in [6, 6.07) is 14.4. The van der Waals surface area contributed by atoms with Gasteiger partial charge >= 0.3 is 5.97 Å². The second-order valence-corrected chi connectivity index (χ2v) is 6.96. The highest BCUT2D eigenvalue weighted by atomic mass is 35.5. The molecule has 2 N–H and O–H groups in total. The van der Waals surface area contributed by atoms with Gasteiger partial charge in [0.05, 0.1) is 12.1 Å². The molecule has 0 saturated heterocycles. The molecule has 0 aliphatic carbocycles. The van der Waals surface area contributed by atoms with Crippen molar-refractivity contribution in [2.24, 2.45) is 0 Å². The first kappa shape index (κ1) is 16.8. The zero-order valence-corrected chi connectivity index (χ0v) is 14.6. The highest BCUT2D eigenvalue weighted by Gasteiger charge is 2.16. The van der Waals surface area contributed by atoms with Gasteiger partial charge in [-0.05, 0) is 36.4 Å². The molecule has 2 aromatic carbocycles. The maximum atomic E-state index is 11.1. The Hall–Kier alpha value is -2.08. The van der Waals surface area contributed by atoms with E-state index in [0.717, 1.165) is 11.3 Å². The molecule has 0 unspecified atom stereocenters. The molecule has 0 bridgehead atoms. The second kappa shape index (κ2) is 7.21.